The quantitative estimate of drug-likeness (QED) is 0.892. The average Bonchev–Trinajstić information content (AvgIpc) is 2.75. The standard InChI is InChI=1S/C20H31N3O2/c1-19(2,3)25-18(24)23-16-10-11-17(23)13-22(12-16)15-8-6-14(7-9-15)20(4,5)21/h6-9,16-17H,10-13,21H2,1-5H3. The minimum absolute atomic E-state index is 0.167. The van der Waals surface area contributed by atoms with E-state index in [1.165, 1.54) is 5.69 Å². The fourth-order valence-corrected chi connectivity index (χ4v) is 3.83. The van der Waals surface area contributed by atoms with Crippen LogP contribution in [0.3, 0.4) is 0 Å². The zero-order chi connectivity index (χ0) is 18.4. The first-order valence-corrected chi connectivity index (χ1v) is 9.20. The number of carbonyl (C=O) groups is 1. The van der Waals surface area contributed by atoms with Crippen LogP contribution in [0.5, 0.6) is 0 Å². The largest absolute Gasteiger partial charge is 0.444 e. The van der Waals surface area contributed by atoms with Gasteiger partial charge in [-0.25, -0.2) is 4.79 Å². The molecule has 2 bridgehead atoms. The van der Waals surface area contributed by atoms with E-state index in [1.54, 1.807) is 0 Å². The molecule has 5 nitrogen and oxygen atoms in total. The van der Waals surface area contributed by atoms with E-state index in [2.05, 4.69) is 29.2 Å². The summed E-state index contributed by atoms with van der Waals surface area (Å²) in [5, 5.41) is 0. The van der Waals surface area contributed by atoms with Crippen molar-refractivity contribution in [2.75, 3.05) is 18.0 Å². The van der Waals surface area contributed by atoms with Crippen molar-refractivity contribution in [2.24, 2.45) is 5.73 Å². The fourth-order valence-electron chi connectivity index (χ4n) is 3.83. The van der Waals surface area contributed by atoms with Gasteiger partial charge in [0.1, 0.15) is 5.60 Å². The number of piperazine rings is 1. The zero-order valence-electron chi connectivity index (χ0n) is 16.1. The highest BCUT2D eigenvalue weighted by atomic mass is 16.6. The van der Waals surface area contributed by atoms with Crippen molar-refractivity contribution in [1.29, 1.82) is 0 Å². The Bertz CT molecular complexity index is 614. The second-order valence-electron chi connectivity index (χ2n) is 8.95. The van der Waals surface area contributed by atoms with Crippen LogP contribution in [0.15, 0.2) is 24.3 Å². The van der Waals surface area contributed by atoms with Crippen LogP contribution in [0.1, 0.15) is 53.0 Å². The first-order valence-electron chi connectivity index (χ1n) is 9.20. The van der Waals surface area contributed by atoms with Crippen LogP contribution in [0.4, 0.5) is 10.5 Å². The second-order valence-corrected chi connectivity index (χ2v) is 8.95. The van der Waals surface area contributed by atoms with Crippen LogP contribution in [0, 0.1) is 0 Å². The third kappa shape index (κ3) is 3.92. The molecule has 0 aromatic heterocycles. The van der Waals surface area contributed by atoms with Gasteiger partial charge in [-0.05, 0) is 65.2 Å². The van der Waals surface area contributed by atoms with Gasteiger partial charge in [0.2, 0.25) is 0 Å². The molecule has 0 radical (unpaired) electrons. The zero-order valence-corrected chi connectivity index (χ0v) is 16.1. The Hall–Kier alpha value is -1.75. The average molecular weight is 345 g/mol. The van der Waals surface area contributed by atoms with Gasteiger partial charge in [-0.15, -0.1) is 0 Å². The lowest BCUT2D eigenvalue weighted by Crippen LogP contribution is -2.56. The SMILES string of the molecule is CC(C)(C)OC(=O)N1C2CCC1CN(c1ccc(C(C)(C)N)cc1)C2. The molecule has 5 heteroatoms. The van der Waals surface area contributed by atoms with Gasteiger partial charge in [0.25, 0.3) is 0 Å². The molecule has 2 aliphatic rings. The number of benzene rings is 1. The molecule has 0 spiro atoms. The van der Waals surface area contributed by atoms with Gasteiger partial charge >= 0.3 is 6.09 Å². The summed E-state index contributed by atoms with van der Waals surface area (Å²) in [7, 11) is 0. The van der Waals surface area contributed by atoms with Crippen molar-refractivity contribution in [3.63, 3.8) is 0 Å². The Morgan fingerprint density at radius 2 is 1.56 bits per heavy atom. The fraction of sp³-hybridized carbons (Fsp3) is 0.650. The number of hydrogen-bond donors (Lipinski definition) is 1. The van der Waals surface area contributed by atoms with Gasteiger partial charge in [-0.3, -0.25) is 4.90 Å². The minimum Gasteiger partial charge on any atom is -0.444 e. The number of hydrogen-bond acceptors (Lipinski definition) is 4. The van der Waals surface area contributed by atoms with E-state index in [0.717, 1.165) is 31.5 Å². The van der Waals surface area contributed by atoms with Crippen LogP contribution in [-0.2, 0) is 10.3 Å². The predicted molar refractivity (Wildman–Crippen MR) is 101 cm³/mol. The Kier molecular flexibility index (Phi) is 4.48. The monoisotopic (exact) mass is 345 g/mol. The first kappa shape index (κ1) is 18.1. The third-order valence-electron chi connectivity index (χ3n) is 5.06. The lowest BCUT2D eigenvalue weighted by molar-refractivity contribution is 0.0123. The van der Waals surface area contributed by atoms with Gasteiger partial charge < -0.3 is 15.4 Å². The van der Waals surface area contributed by atoms with E-state index < -0.39 is 5.60 Å². The van der Waals surface area contributed by atoms with Crippen molar-refractivity contribution < 1.29 is 9.53 Å². The smallest absolute Gasteiger partial charge is 0.410 e. The molecule has 2 saturated heterocycles. The molecule has 2 fully saturated rings. The Morgan fingerprint density at radius 1 is 1.04 bits per heavy atom. The molecule has 2 unspecified atom stereocenters. The second kappa shape index (κ2) is 6.20. The molecule has 0 aliphatic carbocycles. The summed E-state index contributed by atoms with van der Waals surface area (Å²) in [6.07, 6.45) is 1.93. The number of amides is 1. The maximum Gasteiger partial charge on any atom is 0.410 e. The van der Waals surface area contributed by atoms with E-state index in [0.29, 0.717) is 0 Å². The highest BCUT2D eigenvalue weighted by molar-refractivity contribution is 5.70. The maximum absolute atomic E-state index is 12.5. The normalized spacial score (nSPS) is 23.8. The molecule has 138 valence electrons. The first-order chi connectivity index (χ1) is 11.5. The Labute approximate surface area is 151 Å². The van der Waals surface area contributed by atoms with Gasteiger partial charge in [0, 0.05) is 24.3 Å². The van der Waals surface area contributed by atoms with Crippen molar-refractivity contribution in [2.45, 2.75) is 70.7 Å². The number of anilines is 1. The van der Waals surface area contributed by atoms with Crippen LogP contribution in [0.25, 0.3) is 0 Å². The lowest BCUT2D eigenvalue weighted by Gasteiger charge is -2.42. The summed E-state index contributed by atoms with van der Waals surface area (Å²) in [6, 6.07) is 8.98. The molecule has 25 heavy (non-hydrogen) atoms. The van der Waals surface area contributed by atoms with E-state index in [1.807, 2.05) is 39.5 Å². The summed E-state index contributed by atoms with van der Waals surface area (Å²) in [5.41, 5.74) is 7.73. The van der Waals surface area contributed by atoms with Crippen molar-refractivity contribution in [3.05, 3.63) is 29.8 Å². The molecule has 3 rings (SSSR count). The highest BCUT2D eigenvalue weighted by Crippen LogP contribution is 2.34. The maximum atomic E-state index is 12.5. The number of rotatable bonds is 2. The number of carbonyl (C=O) groups excluding carboxylic acids is 1. The van der Waals surface area contributed by atoms with Gasteiger partial charge in [-0.2, -0.15) is 0 Å². The summed E-state index contributed by atoms with van der Waals surface area (Å²) in [4.78, 5) is 16.9. The van der Waals surface area contributed by atoms with Crippen LogP contribution >= 0.6 is 0 Å². The molecule has 1 aromatic rings. The topological polar surface area (TPSA) is 58.8 Å². The number of nitrogens with two attached hydrogens (primary N) is 1. The van der Waals surface area contributed by atoms with E-state index in [-0.39, 0.29) is 23.7 Å². The summed E-state index contributed by atoms with van der Waals surface area (Å²) >= 11 is 0. The van der Waals surface area contributed by atoms with Crippen molar-refractivity contribution in [3.8, 4) is 0 Å². The third-order valence-corrected chi connectivity index (χ3v) is 5.06. The predicted octanol–water partition coefficient (Wildman–Crippen LogP) is 3.47. The number of fused-ring (bicyclic) bond motifs is 2. The van der Waals surface area contributed by atoms with Gasteiger partial charge in [0.05, 0.1) is 12.1 Å². The highest BCUT2D eigenvalue weighted by Gasteiger charge is 2.44. The molecule has 2 aliphatic heterocycles. The molecule has 1 amide bonds. The molecule has 2 heterocycles. The Morgan fingerprint density at radius 3 is 2.00 bits per heavy atom. The summed E-state index contributed by atoms with van der Waals surface area (Å²) in [6.45, 7) is 11.5. The molecule has 2 atom stereocenters. The summed E-state index contributed by atoms with van der Waals surface area (Å²) in [5.74, 6) is 0. The van der Waals surface area contributed by atoms with Crippen molar-refractivity contribution in [1.82, 2.24) is 4.90 Å². The van der Waals surface area contributed by atoms with E-state index >= 15 is 0 Å². The number of ether oxygens (including phenoxy) is 1. The molecule has 2 N–H and O–H groups in total. The molecule has 0 saturated carbocycles. The minimum atomic E-state index is -0.446. The van der Waals surface area contributed by atoms with Gasteiger partial charge in [0.15, 0.2) is 0 Å². The van der Waals surface area contributed by atoms with Crippen LogP contribution < -0.4 is 10.6 Å². The van der Waals surface area contributed by atoms with Crippen molar-refractivity contribution >= 4 is 11.8 Å². The summed E-state index contributed by atoms with van der Waals surface area (Å²) < 4.78 is 5.61. The van der Waals surface area contributed by atoms with E-state index in [9.17, 15) is 4.79 Å². The van der Waals surface area contributed by atoms with Crippen LogP contribution in [0.2, 0.25) is 0 Å². The van der Waals surface area contributed by atoms with Gasteiger partial charge in [-0.1, -0.05) is 12.1 Å². The van der Waals surface area contributed by atoms with Crippen LogP contribution in [-0.4, -0.2) is 41.8 Å². The lowest BCUT2D eigenvalue weighted by atomic mass is 9.95. The van der Waals surface area contributed by atoms with E-state index in [4.69, 9.17) is 10.5 Å². The molecule has 1 aromatic carbocycles. The molecular formula is C20H31N3O2. The number of nitrogens with zero attached hydrogens (tertiary/aromatic N) is 2. The molecular weight excluding hydrogens is 314 g/mol. The Balaban J connectivity index is 1.70.